The maximum Gasteiger partial charge on any atom is 0.321 e. The minimum absolute atomic E-state index is 0.0621. The number of nitrogens with one attached hydrogen (secondary N) is 1. The van der Waals surface area contributed by atoms with Crippen molar-refractivity contribution in [3.05, 3.63) is 29.3 Å². The van der Waals surface area contributed by atoms with Crippen LogP contribution in [0.4, 0.5) is 10.5 Å². The number of carbonyl (C=O) groups excluding carboxylic acids is 1. The fraction of sp³-hybridized carbons (Fsp3) is 0.429. The molecular formula is C14H17N3O. The normalized spacial score (nSPS) is 15.0. The highest BCUT2D eigenvalue weighted by atomic mass is 16.2. The largest absolute Gasteiger partial charge is 0.325 e. The number of anilines is 1. The predicted molar refractivity (Wildman–Crippen MR) is 70.3 cm³/mol. The molecule has 0 aromatic heterocycles. The third kappa shape index (κ3) is 2.80. The van der Waals surface area contributed by atoms with Crippen LogP contribution in [-0.4, -0.2) is 24.0 Å². The molecule has 0 saturated carbocycles. The molecule has 0 atom stereocenters. The van der Waals surface area contributed by atoms with Crippen molar-refractivity contribution >= 4 is 11.7 Å². The SMILES string of the molecule is Cc1ccc(C#N)cc1NC(=O)N1CCCCC1. The van der Waals surface area contributed by atoms with Gasteiger partial charge in [-0.25, -0.2) is 4.79 Å². The lowest BCUT2D eigenvalue weighted by molar-refractivity contribution is 0.200. The van der Waals surface area contributed by atoms with Gasteiger partial charge in [-0.3, -0.25) is 0 Å². The van der Waals surface area contributed by atoms with Crippen LogP contribution in [0.3, 0.4) is 0 Å². The molecule has 1 N–H and O–H groups in total. The zero-order chi connectivity index (χ0) is 13.0. The summed E-state index contributed by atoms with van der Waals surface area (Å²) >= 11 is 0. The smallest absolute Gasteiger partial charge is 0.321 e. The summed E-state index contributed by atoms with van der Waals surface area (Å²) in [5.41, 5.74) is 2.26. The molecule has 1 aromatic carbocycles. The minimum Gasteiger partial charge on any atom is -0.325 e. The van der Waals surface area contributed by atoms with E-state index in [9.17, 15) is 4.79 Å². The van der Waals surface area contributed by atoms with E-state index in [4.69, 9.17) is 5.26 Å². The Morgan fingerprint density at radius 1 is 1.33 bits per heavy atom. The van der Waals surface area contributed by atoms with Gasteiger partial charge in [0.25, 0.3) is 0 Å². The first-order valence-corrected chi connectivity index (χ1v) is 6.27. The van der Waals surface area contributed by atoms with Crippen LogP contribution in [0, 0.1) is 18.3 Å². The fourth-order valence-electron chi connectivity index (χ4n) is 2.12. The van der Waals surface area contributed by atoms with E-state index in [0.717, 1.165) is 37.2 Å². The van der Waals surface area contributed by atoms with Crippen molar-refractivity contribution in [1.29, 1.82) is 5.26 Å². The number of carbonyl (C=O) groups is 1. The molecule has 1 aromatic rings. The van der Waals surface area contributed by atoms with Gasteiger partial charge in [-0.2, -0.15) is 5.26 Å². The molecule has 94 valence electrons. The first-order chi connectivity index (χ1) is 8.70. The molecule has 1 fully saturated rings. The molecule has 1 aliphatic heterocycles. The molecule has 0 bridgehead atoms. The Bertz CT molecular complexity index is 484. The number of nitriles is 1. The topological polar surface area (TPSA) is 56.1 Å². The Hall–Kier alpha value is -2.02. The highest BCUT2D eigenvalue weighted by molar-refractivity contribution is 5.90. The molecule has 2 amide bonds. The quantitative estimate of drug-likeness (QED) is 0.824. The van der Waals surface area contributed by atoms with Crippen LogP contribution in [-0.2, 0) is 0 Å². The Balaban J connectivity index is 2.08. The Labute approximate surface area is 107 Å². The number of hydrogen-bond donors (Lipinski definition) is 1. The molecule has 1 saturated heterocycles. The van der Waals surface area contributed by atoms with E-state index in [0.29, 0.717) is 5.56 Å². The van der Waals surface area contributed by atoms with Gasteiger partial charge in [-0.05, 0) is 43.9 Å². The lowest BCUT2D eigenvalue weighted by Crippen LogP contribution is -2.38. The number of aryl methyl sites for hydroxylation is 1. The average Bonchev–Trinajstić information content (AvgIpc) is 2.42. The van der Waals surface area contributed by atoms with Crippen LogP contribution in [0.5, 0.6) is 0 Å². The summed E-state index contributed by atoms with van der Waals surface area (Å²) in [5.74, 6) is 0. The third-order valence-electron chi connectivity index (χ3n) is 3.25. The van der Waals surface area contributed by atoms with Crippen molar-refractivity contribution in [2.24, 2.45) is 0 Å². The molecule has 2 rings (SSSR count). The number of amides is 2. The van der Waals surface area contributed by atoms with Crippen LogP contribution in [0.25, 0.3) is 0 Å². The maximum absolute atomic E-state index is 12.1. The van der Waals surface area contributed by atoms with Crippen molar-refractivity contribution in [2.75, 3.05) is 18.4 Å². The number of likely N-dealkylation sites (tertiary alicyclic amines) is 1. The third-order valence-corrected chi connectivity index (χ3v) is 3.25. The molecule has 4 heteroatoms. The van der Waals surface area contributed by atoms with E-state index < -0.39 is 0 Å². The number of urea groups is 1. The Kier molecular flexibility index (Phi) is 3.83. The zero-order valence-corrected chi connectivity index (χ0v) is 10.6. The Morgan fingerprint density at radius 3 is 2.72 bits per heavy atom. The Morgan fingerprint density at radius 2 is 2.06 bits per heavy atom. The van der Waals surface area contributed by atoms with Gasteiger partial charge in [0.2, 0.25) is 0 Å². The van der Waals surface area contributed by atoms with Crippen LogP contribution < -0.4 is 5.32 Å². The maximum atomic E-state index is 12.1. The molecule has 0 unspecified atom stereocenters. The van der Waals surface area contributed by atoms with Gasteiger partial charge in [-0.15, -0.1) is 0 Å². The second kappa shape index (κ2) is 5.54. The highest BCUT2D eigenvalue weighted by Crippen LogP contribution is 2.18. The molecule has 0 spiro atoms. The number of rotatable bonds is 1. The van der Waals surface area contributed by atoms with Crippen LogP contribution in [0.15, 0.2) is 18.2 Å². The lowest BCUT2D eigenvalue weighted by Gasteiger charge is -2.27. The number of benzene rings is 1. The molecule has 18 heavy (non-hydrogen) atoms. The lowest BCUT2D eigenvalue weighted by atomic mass is 10.1. The van der Waals surface area contributed by atoms with Crippen molar-refractivity contribution in [2.45, 2.75) is 26.2 Å². The predicted octanol–water partition coefficient (Wildman–Crippen LogP) is 2.88. The molecular weight excluding hydrogens is 226 g/mol. The standard InChI is InChI=1S/C14H17N3O/c1-11-5-6-12(10-15)9-13(11)16-14(18)17-7-3-2-4-8-17/h5-6,9H,2-4,7-8H2,1H3,(H,16,18). The monoisotopic (exact) mass is 243 g/mol. The first kappa shape index (κ1) is 12.4. The van der Waals surface area contributed by atoms with Gasteiger partial charge in [0, 0.05) is 18.8 Å². The van der Waals surface area contributed by atoms with E-state index in [2.05, 4.69) is 11.4 Å². The summed E-state index contributed by atoms with van der Waals surface area (Å²) in [7, 11) is 0. The minimum atomic E-state index is -0.0621. The van der Waals surface area contributed by atoms with Crippen molar-refractivity contribution < 1.29 is 4.79 Å². The van der Waals surface area contributed by atoms with Gasteiger partial charge in [0.05, 0.1) is 11.6 Å². The highest BCUT2D eigenvalue weighted by Gasteiger charge is 2.16. The summed E-state index contributed by atoms with van der Waals surface area (Å²) < 4.78 is 0. The molecule has 0 radical (unpaired) electrons. The van der Waals surface area contributed by atoms with E-state index in [1.54, 1.807) is 12.1 Å². The van der Waals surface area contributed by atoms with Gasteiger partial charge in [0.15, 0.2) is 0 Å². The second-order valence-electron chi connectivity index (χ2n) is 4.62. The second-order valence-corrected chi connectivity index (χ2v) is 4.62. The number of nitrogens with zero attached hydrogens (tertiary/aromatic N) is 2. The summed E-state index contributed by atoms with van der Waals surface area (Å²) in [6, 6.07) is 7.35. The average molecular weight is 243 g/mol. The van der Waals surface area contributed by atoms with E-state index in [1.165, 1.54) is 6.42 Å². The van der Waals surface area contributed by atoms with Crippen molar-refractivity contribution in [3.63, 3.8) is 0 Å². The van der Waals surface area contributed by atoms with Crippen LogP contribution >= 0.6 is 0 Å². The van der Waals surface area contributed by atoms with Crippen molar-refractivity contribution in [1.82, 2.24) is 4.90 Å². The van der Waals surface area contributed by atoms with E-state index >= 15 is 0 Å². The number of piperidine rings is 1. The molecule has 1 heterocycles. The zero-order valence-electron chi connectivity index (χ0n) is 10.6. The summed E-state index contributed by atoms with van der Waals surface area (Å²) in [6.45, 7) is 3.57. The summed E-state index contributed by atoms with van der Waals surface area (Å²) in [6.07, 6.45) is 3.35. The van der Waals surface area contributed by atoms with Gasteiger partial charge >= 0.3 is 6.03 Å². The van der Waals surface area contributed by atoms with E-state index in [-0.39, 0.29) is 6.03 Å². The van der Waals surface area contributed by atoms with Crippen LogP contribution in [0.2, 0.25) is 0 Å². The molecule has 4 nitrogen and oxygen atoms in total. The first-order valence-electron chi connectivity index (χ1n) is 6.27. The van der Waals surface area contributed by atoms with E-state index in [1.807, 2.05) is 17.9 Å². The van der Waals surface area contributed by atoms with Gasteiger partial charge < -0.3 is 10.2 Å². The molecule has 1 aliphatic rings. The van der Waals surface area contributed by atoms with Gasteiger partial charge in [-0.1, -0.05) is 6.07 Å². The summed E-state index contributed by atoms with van der Waals surface area (Å²) in [4.78, 5) is 13.9. The van der Waals surface area contributed by atoms with Crippen molar-refractivity contribution in [3.8, 4) is 6.07 Å². The summed E-state index contributed by atoms with van der Waals surface area (Å²) in [5, 5.41) is 11.8. The molecule has 0 aliphatic carbocycles. The number of hydrogen-bond acceptors (Lipinski definition) is 2. The fourth-order valence-corrected chi connectivity index (χ4v) is 2.12. The van der Waals surface area contributed by atoms with Crippen LogP contribution in [0.1, 0.15) is 30.4 Å². The van der Waals surface area contributed by atoms with Gasteiger partial charge in [0.1, 0.15) is 0 Å².